The summed E-state index contributed by atoms with van der Waals surface area (Å²) in [5.41, 5.74) is 2.26. The zero-order chi connectivity index (χ0) is 13.9. The largest absolute Gasteiger partial charge is 0.477 e. The molecule has 104 valence electrons. The molecule has 0 aliphatic heterocycles. The van der Waals surface area contributed by atoms with Gasteiger partial charge < -0.3 is 5.11 Å². The number of carboxylic acids is 1. The van der Waals surface area contributed by atoms with Crippen LogP contribution in [-0.4, -0.2) is 27.0 Å². The average Bonchev–Trinajstić information content (AvgIpc) is 3.17. The highest BCUT2D eigenvalue weighted by molar-refractivity contribution is 7.07. The fourth-order valence-electron chi connectivity index (χ4n) is 2.27. The molecule has 2 aromatic heterocycles. The normalized spacial score (nSPS) is 14.7. The van der Waals surface area contributed by atoms with E-state index in [4.69, 9.17) is 5.11 Å². The van der Waals surface area contributed by atoms with E-state index in [1.165, 1.54) is 24.5 Å². The van der Waals surface area contributed by atoms with E-state index in [2.05, 4.69) is 26.7 Å². The Labute approximate surface area is 121 Å². The van der Waals surface area contributed by atoms with Crippen LogP contribution in [0.3, 0.4) is 0 Å². The molecule has 3 rings (SSSR count). The number of hydrogen-bond acceptors (Lipinski definition) is 4. The van der Waals surface area contributed by atoms with Crippen LogP contribution in [0.5, 0.6) is 0 Å². The SMILES string of the molecule is O=C(O)c1cccc(CN(Cc2ccsc2)C2CC2)n1. The summed E-state index contributed by atoms with van der Waals surface area (Å²) in [6, 6.07) is 7.95. The van der Waals surface area contributed by atoms with Gasteiger partial charge in [0.05, 0.1) is 5.69 Å². The molecule has 5 heteroatoms. The van der Waals surface area contributed by atoms with Crippen LogP contribution in [0.15, 0.2) is 35.0 Å². The molecular weight excluding hydrogens is 272 g/mol. The molecule has 0 radical (unpaired) electrons. The molecule has 1 aliphatic rings. The molecule has 0 bridgehead atoms. The summed E-state index contributed by atoms with van der Waals surface area (Å²) < 4.78 is 0. The molecule has 1 saturated carbocycles. The number of aromatic nitrogens is 1. The van der Waals surface area contributed by atoms with Gasteiger partial charge in [-0.05, 0) is 47.4 Å². The Hall–Kier alpha value is -1.72. The number of rotatable bonds is 6. The van der Waals surface area contributed by atoms with Crippen LogP contribution in [0.4, 0.5) is 0 Å². The summed E-state index contributed by atoms with van der Waals surface area (Å²) in [7, 11) is 0. The topological polar surface area (TPSA) is 53.4 Å². The summed E-state index contributed by atoms with van der Waals surface area (Å²) in [5, 5.41) is 13.2. The first-order valence-corrected chi connectivity index (χ1v) is 7.61. The average molecular weight is 288 g/mol. The second-order valence-corrected chi connectivity index (χ2v) is 5.87. The van der Waals surface area contributed by atoms with Crippen molar-refractivity contribution < 1.29 is 9.90 Å². The number of hydrogen-bond donors (Lipinski definition) is 1. The van der Waals surface area contributed by atoms with Gasteiger partial charge in [-0.15, -0.1) is 0 Å². The highest BCUT2D eigenvalue weighted by atomic mass is 32.1. The van der Waals surface area contributed by atoms with Crippen molar-refractivity contribution in [3.63, 3.8) is 0 Å². The van der Waals surface area contributed by atoms with Crippen LogP contribution in [0.25, 0.3) is 0 Å². The Balaban J connectivity index is 1.73. The first-order chi connectivity index (χ1) is 9.72. The quantitative estimate of drug-likeness (QED) is 0.887. The second-order valence-electron chi connectivity index (χ2n) is 5.09. The zero-order valence-corrected chi connectivity index (χ0v) is 11.8. The van der Waals surface area contributed by atoms with Crippen LogP contribution in [0.2, 0.25) is 0 Å². The van der Waals surface area contributed by atoms with Gasteiger partial charge in [-0.2, -0.15) is 11.3 Å². The lowest BCUT2D eigenvalue weighted by Crippen LogP contribution is -2.25. The number of carboxylic acid groups (broad SMARTS) is 1. The zero-order valence-electron chi connectivity index (χ0n) is 11.0. The van der Waals surface area contributed by atoms with E-state index < -0.39 is 5.97 Å². The molecule has 1 fully saturated rings. The molecule has 1 N–H and O–H groups in total. The summed E-state index contributed by atoms with van der Waals surface area (Å²) in [4.78, 5) is 17.6. The number of carbonyl (C=O) groups is 1. The van der Waals surface area contributed by atoms with E-state index in [1.807, 2.05) is 6.07 Å². The second kappa shape index (κ2) is 5.73. The van der Waals surface area contributed by atoms with Crippen molar-refractivity contribution in [2.75, 3.05) is 0 Å². The first-order valence-electron chi connectivity index (χ1n) is 6.67. The maximum Gasteiger partial charge on any atom is 0.354 e. The third kappa shape index (κ3) is 3.23. The third-order valence-corrected chi connectivity index (χ3v) is 4.15. The lowest BCUT2D eigenvalue weighted by atomic mass is 10.2. The van der Waals surface area contributed by atoms with Gasteiger partial charge in [0, 0.05) is 19.1 Å². The van der Waals surface area contributed by atoms with Gasteiger partial charge in [0.15, 0.2) is 0 Å². The molecule has 0 amide bonds. The van der Waals surface area contributed by atoms with E-state index in [1.54, 1.807) is 17.4 Å². The molecular formula is C15H16N2O2S. The van der Waals surface area contributed by atoms with Crippen molar-refractivity contribution in [3.05, 3.63) is 52.0 Å². The minimum absolute atomic E-state index is 0.119. The van der Waals surface area contributed by atoms with Crippen molar-refractivity contribution >= 4 is 17.3 Å². The Morgan fingerprint density at radius 2 is 2.20 bits per heavy atom. The van der Waals surface area contributed by atoms with Crippen LogP contribution >= 0.6 is 11.3 Å². The number of nitrogens with zero attached hydrogens (tertiary/aromatic N) is 2. The maximum absolute atomic E-state index is 11.0. The Bertz CT molecular complexity index is 594. The smallest absolute Gasteiger partial charge is 0.354 e. The van der Waals surface area contributed by atoms with Crippen LogP contribution in [0, 0.1) is 0 Å². The summed E-state index contributed by atoms with van der Waals surface area (Å²) in [5.74, 6) is -0.970. The van der Waals surface area contributed by atoms with Crippen LogP contribution in [0.1, 0.15) is 34.6 Å². The van der Waals surface area contributed by atoms with Crippen molar-refractivity contribution in [1.82, 2.24) is 9.88 Å². The molecule has 0 spiro atoms. The van der Waals surface area contributed by atoms with Crippen LogP contribution < -0.4 is 0 Å². The molecule has 2 heterocycles. The van der Waals surface area contributed by atoms with Gasteiger partial charge in [-0.25, -0.2) is 9.78 Å². The minimum Gasteiger partial charge on any atom is -0.477 e. The fourth-order valence-corrected chi connectivity index (χ4v) is 2.93. The maximum atomic E-state index is 11.0. The monoisotopic (exact) mass is 288 g/mol. The Morgan fingerprint density at radius 1 is 1.35 bits per heavy atom. The molecule has 0 saturated heterocycles. The standard InChI is InChI=1S/C15H16N2O2S/c18-15(19)14-3-1-2-12(16-14)9-17(13-4-5-13)8-11-6-7-20-10-11/h1-3,6-7,10,13H,4-5,8-9H2,(H,18,19). The molecule has 0 unspecified atom stereocenters. The first kappa shape index (κ1) is 13.3. The lowest BCUT2D eigenvalue weighted by Gasteiger charge is -2.21. The Kier molecular flexibility index (Phi) is 3.80. The third-order valence-electron chi connectivity index (χ3n) is 3.42. The highest BCUT2D eigenvalue weighted by Gasteiger charge is 2.29. The van der Waals surface area contributed by atoms with E-state index in [0.29, 0.717) is 12.6 Å². The number of aromatic carboxylic acids is 1. The molecule has 1 aliphatic carbocycles. The van der Waals surface area contributed by atoms with E-state index in [9.17, 15) is 4.79 Å². The highest BCUT2D eigenvalue weighted by Crippen LogP contribution is 2.29. The Morgan fingerprint density at radius 3 is 2.85 bits per heavy atom. The lowest BCUT2D eigenvalue weighted by molar-refractivity contribution is 0.0690. The van der Waals surface area contributed by atoms with Crippen molar-refractivity contribution in [3.8, 4) is 0 Å². The van der Waals surface area contributed by atoms with Crippen molar-refractivity contribution in [1.29, 1.82) is 0 Å². The fraction of sp³-hybridized carbons (Fsp3) is 0.333. The summed E-state index contributed by atoms with van der Waals surface area (Å²) in [6.07, 6.45) is 2.45. The predicted octanol–water partition coefficient (Wildman–Crippen LogP) is 3.01. The predicted molar refractivity (Wildman–Crippen MR) is 77.8 cm³/mol. The van der Waals surface area contributed by atoms with Gasteiger partial charge in [0.1, 0.15) is 5.69 Å². The number of thiophene rings is 1. The van der Waals surface area contributed by atoms with Crippen molar-refractivity contribution in [2.45, 2.75) is 32.0 Å². The minimum atomic E-state index is -0.970. The van der Waals surface area contributed by atoms with E-state index in [0.717, 1.165) is 12.2 Å². The van der Waals surface area contributed by atoms with Gasteiger partial charge in [0.25, 0.3) is 0 Å². The van der Waals surface area contributed by atoms with Gasteiger partial charge in [-0.1, -0.05) is 6.07 Å². The van der Waals surface area contributed by atoms with E-state index in [-0.39, 0.29) is 5.69 Å². The molecule has 0 aromatic carbocycles. The molecule has 2 aromatic rings. The molecule has 4 nitrogen and oxygen atoms in total. The van der Waals surface area contributed by atoms with Gasteiger partial charge >= 0.3 is 5.97 Å². The molecule has 20 heavy (non-hydrogen) atoms. The van der Waals surface area contributed by atoms with Crippen LogP contribution in [-0.2, 0) is 13.1 Å². The number of pyridine rings is 1. The van der Waals surface area contributed by atoms with Crippen molar-refractivity contribution in [2.24, 2.45) is 0 Å². The molecule has 0 atom stereocenters. The summed E-state index contributed by atoms with van der Waals surface area (Å²) in [6.45, 7) is 1.62. The summed E-state index contributed by atoms with van der Waals surface area (Å²) >= 11 is 1.71. The van der Waals surface area contributed by atoms with E-state index >= 15 is 0 Å². The van der Waals surface area contributed by atoms with Gasteiger partial charge in [-0.3, -0.25) is 4.90 Å². The van der Waals surface area contributed by atoms with Gasteiger partial charge in [0.2, 0.25) is 0 Å².